The summed E-state index contributed by atoms with van der Waals surface area (Å²) in [5.41, 5.74) is -1.74. The maximum Gasteiger partial charge on any atom is 0.340 e. The molecule has 0 aliphatic rings. The largest absolute Gasteiger partial charge is 0.465 e. The number of nitriles is 1. The van der Waals surface area contributed by atoms with Crippen LogP contribution in [0.3, 0.4) is 0 Å². The Morgan fingerprint density at radius 1 is 1.69 bits per heavy atom. The molecular weight excluding hydrogens is 242 g/mol. The molecular formula is C9H5ClF2N2O2. The second kappa shape index (κ2) is 4.86. The first-order valence-corrected chi connectivity index (χ1v) is 4.35. The van der Waals surface area contributed by atoms with E-state index in [0.717, 1.165) is 13.3 Å². The quantitative estimate of drug-likeness (QED) is 0.752. The van der Waals surface area contributed by atoms with E-state index >= 15 is 0 Å². The molecule has 0 aliphatic carbocycles. The van der Waals surface area contributed by atoms with Crippen molar-refractivity contribution < 1.29 is 18.3 Å². The van der Waals surface area contributed by atoms with Gasteiger partial charge in [-0.05, 0) is 0 Å². The van der Waals surface area contributed by atoms with Crippen LogP contribution < -0.4 is 0 Å². The van der Waals surface area contributed by atoms with Crippen molar-refractivity contribution in [3.8, 4) is 6.07 Å². The molecule has 0 unspecified atom stereocenters. The zero-order chi connectivity index (χ0) is 12.3. The second-order valence-electron chi connectivity index (χ2n) is 2.65. The van der Waals surface area contributed by atoms with Gasteiger partial charge < -0.3 is 4.74 Å². The van der Waals surface area contributed by atoms with E-state index in [2.05, 4.69) is 9.72 Å². The highest BCUT2D eigenvalue weighted by atomic mass is 35.5. The van der Waals surface area contributed by atoms with E-state index in [1.54, 1.807) is 0 Å². The van der Waals surface area contributed by atoms with Gasteiger partial charge in [-0.2, -0.15) is 5.26 Å². The minimum absolute atomic E-state index is 0.201. The number of carbonyl (C=O) groups excluding carboxylic acids is 1. The summed E-state index contributed by atoms with van der Waals surface area (Å²) in [5, 5.41) is 8.53. The number of pyridine rings is 1. The Hall–Kier alpha value is -1.74. The van der Waals surface area contributed by atoms with Crippen molar-refractivity contribution in [1.29, 1.82) is 5.26 Å². The van der Waals surface area contributed by atoms with Crippen LogP contribution in [0.5, 0.6) is 0 Å². The van der Waals surface area contributed by atoms with E-state index in [0.29, 0.717) is 0 Å². The second-order valence-corrected chi connectivity index (χ2v) is 3.05. The molecule has 0 bridgehead atoms. The van der Waals surface area contributed by atoms with E-state index < -0.39 is 29.2 Å². The van der Waals surface area contributed by atoms with Crippen molar-refractivity contribution >= 4 is 17.6 Å². The Balaban J connectivity index is 3.52. The van der Waals surface area contributed by atoms with Gasteiger partial charge in [0.25, 0.3) is 6.43 Å². The lowest BCUT2D eigenvalue weighted by molar-refractivity contribution is 0.0599. The van der Waals surface area contributed by atoms with Crippen LogP contribution in [0, 0.1) is 11.3 Å². The van der Waals surface area contributed by atoms with Crippen molar-refractivity contribution in [3.05, 3.63) is 28.0 Å². The molecule has 0 fully saturated rings. The SMILES string of the molecule is COC(=O)c1c(Cl)cnc(C(F)F)c1C#N. The minimum Gasteiger partial charge on any atom is -0.465 e. The number of alkyl halides is 2. The molecule has 0 aliphatic heterocycles. The highest BCUT2D eigenvalue weighted by Crippen LogP contribution is 2.27. The van der Waals surface area contributed by atoms with Crippen molar-refractivity contribution in [1.82, 2.24) is 4.98 Å². The fourth-order valence-corrected chi connectivity index (χ4v) is 1.30. The van der Waals surface area contributed by atoms with E-state index in [1.807, 2.05) is 0 Å². The van der Waals surface area contributed by atoms with E-state index in [1.165, 1.54) is 6.07 Å². The van der Waals surface area contributed by atoms with Crippen LogP contribution in [-0.2, 0) is 4.74 Å². The van der Waals surface area contributed by atoms with Crippen LogP contribution >= 0.6 is 11.6 Å². The standard InChI is InChI=1S/C9H5ClF2N2O2/c1-16-9(15)6-4(2-13)7(8(11)12)14-3-5(6)10/h3,8H,1H3. The number of esters is 1. The number of nitrogens with zero attached hydrogens (tertiary/aromatic N) is 2. The highest BCUT2D eigenvalue weighted by molar-refractivity contribution is 6.33. The van der Waals surface area contributed by atoms with Crippen LogP contribution in [0.1, 0.15) is 28.0 Å². The summed E-state index contributed by atoms with van der Waals surface area (Å²) in [4.78, 5) is 14.6. The molecule has 0 saturated heterocycles. The van der Waals surface area contributed by atoms with Crippen LogP contribution in [0.25, 0.3) is 0 Å². The topological polar surface area (TPSA) is 63.0 Å². The normalized spacial score (nSPS) is 10.0. The number of methoxy groups -OCH3 is 1. The first-order valence-electron chi connectivity index (χ1n) is 3.97. The summed E-state index contributed by atoms with van der Waals surface area (Å²) < 4.78 is 29.3. The Morgan fingerprint density at radius 3 is 2.75 bits per heavy atom. The molecule has 16 heavy (non-hydrogen) atoms. The number of hydrogen-bond acceptors (Lipinski definition) is 4. The number of halogens is 3. The van der Waals surface area contributed by atoms with E-state index in [9.17, 15) is 13.6 Å². The highest BCUT2D eigenvalue weighted by Gasteiger charge is 2.24. The molecule has 0 aromatic carbocycles. The first kappa shape index (κ1) is 12.3. The summed E-state index contributed by atoms with van der Waals surface area (Å²) in [6.07, 6.45) is -2.08. The average Bonchev–Trinajstić information content (AvgIpc) is 2.26. The Labute approximate surface area is 94.4 Å². The molecule has 0 spiro atoms. The predicted octanol–water partition coefficient (Wildman–Crippen LogP) is 2.33. The summed E-state index contributed by atoms with van der Waals surface area (Å²) in [5.74, 6) is -0.953. The van der Waals surface area contributed by atoms with E-state index in [-0.39, 0.29) is 5.02 Å². The van der Waals surface area contributed by atoms with Crippen molar-refractivity contribution in [3.63, 3.8) is 0 Å². The summed E-state index contributed by atoms with van der Waals surface area (Å²) >= 11 is 5.60. The van der Waals surface area contributed by atoms with Gasteiger partial charge in [0.05, 0.1) is 23.3 Å². The third-order valence-corrected chi connectivity index (χ3v) is 2.06. The van der Waals surface area contributed by atoms with Gasteiger partial charge in [0.1, 0.15) is 11.8 Å². The number of ether oxygens (including phenoxy) is 1. The van der Waals surface area contributed by atoms with Crippen molar-refractivity contribution in [2.75, 3.05) is 7.11 Å². The Morgan fingerprint density at radius 2 is 2.31 bits per heavy atom. The summed E-state index contributed by atoms with van der Waals surface area (Å²) in [6, 6.07) is 1.47. The monoisotopic (exact) mass is 246 g/mol. The summed E-state index contributed by atoms with van der Waals surface area (Å²) in [7, 11) is 1.06. The molecule has 7 heteroatoms. The molecule has 0 radical (unpaired) electrons. The van der Waals surface area contributed by atoms with Gasteiger partial charge in [-0.3, -0.25) is 4.98 Å². The molecule has 4 nitrogen and oxygen atoms in total. The number of aromatic nitrogens is 1. The van der Waals surface area contributed by atoms with Gasteiger partial charge >= 0.3 is 5.97 Å². The van der Waals surface area contributed by atoms with Gasteiger partial charge in [-0.1, -0.05) is 11.6 Å². The average molecular weight is 247 g/mol. The van der Waals surface area contributed by atoms with Gasteiger partial charge in [-0.15, -0.1) is 0 Å². The number of carbonyl (C=O) groups is 1. The third-order valence-electron chi connectivity index (χ3n) is 1.77. The Bertz CT molecular complexity index is 471. The molecule has 84 valence electrons. The lowest BCUT2D eigenvalue weighted by atomic mass is 10.1. The third kappa shape index (κ3) is 2.09. The van der Waals surface area contributed by atoms with Crippen LogP contribution in [-0.4, -0.2) is 18.1 Å². The summed E-state index contributed by atoms with van der Waals surface area (Å²) in [6.45, 7) is 0. The molecule has 0 atom stereocenters. The van der Waals surface area contributed by atoms with Crippen LogP contribution in [0.15, 0.2) is 6.20 Å². The lowest BCUT2D eigenvalue weighted by Crippen LogP contribution is -2.09. The first-order chi connectivity index (χ1) is 7.52. The predicted molar refractivity (Wildman–Crippen MR) is 50.3 cm³/mol. The zero-order valence-electron chi connectivity index (χ0n) is 8.00. The van der Waals surface area contributed by atoms with Gasteiger partial charge in [-0.25, -0.2) is 13.6 Å². The molecule has 1 heterocycles. The minimum atomic E-state index is -2.96. The van der Waals surface area contributed by atoms with E-state index in [4.69, 9.17) is 16.9 Å². The van der Waals surface area contributed by atoms with Crippen molar-refractivity contribution in [2.45, 2.75) is 6.43 Å². The molecule has 0 saturated carbocycles. The smallest absolute Gasteiger partial charge is 0.340 e. The van der Waals surface area contributed by atoms with Crippen LogP contribution in [0.4, 0.5) is 8.78 Å². The van der Waals surface area contributed by atoms with Crippen LogP contribution in [0.2, 0.25) is 5.02 Å². The molecule has 1 aromatic heterocycles. The molecule has 1 aromatic rings. The number of rotatable bonds is 2. The molecule has 0 N–H and O–H groups in total. The fourth-order valence-electron chi connectivity index (χ4n) is 1.08. The fraction of sp³-hybridized carbons (Fsp3) is 0.222. The maximum atomic E-state index is 12.5. The maximum absolute atomic E-state index is 12.5. The Kier molecular flexibility index (Phi) is 3.74. The van der Waals surface area contributed by atoms with Crippen molar-refractivity contribution in [2.24, 2.45) is 0 Å². The van der Waals surface area contributed by atoms with Gasteiger partial charge in [0, 0.05) is 6.20 Å². The lowest BCUT2D eigenvalue weighted by Gasteiger charge is -2.07. The zero-order valence-corrected chi connectivity index (χ0v) is 8.76. The van der Waals surface area contributed by atoms with Gasteiger partial charge in [0.2, 0.25) is 0 Å². The van der Waals surface area contributed by atoms with Gasteiger partial charge in [0.15, 0.2) is 0 Å². The molecule has 0 amide bonds. The number of hydrogen-bond donors (Lipinski definition) is 0. The molecule has 1 rings (SSSR count).